The van der Waals surface area contributed by atoms with Crippen molar-refractivity contribution in [2.75, 3.05) is 30.3 Å². The first kappa shape index (κ1) is 23.0. The molecule has 34 heavy (non-hydrogen) atoms. The fourth-order valence-electron chi connectivity index (χ4n) is 3.95. The fraction of sp³-hybridized carbons (Fsp3) is 0.280. The monoisotopic (exact) mass is 458 g/mol. The smallest absolute Gasteiger partial charge is 0.267 e. The van der Waals surface area contributed by atoms with Crippen LogP contribution >= 0.6 is 0 Å². The first-order chi connectivity index (χ1) is 16.5. The third-order valence-electron chi connectivity index (χ3n) is 5.82. The van der Waals surface area contributed by atoms with E-state index in [1.165, 1.54) is 0 Å². The first-order valence-corrected chi connectivity index (χ1v) is 11.3. The summed E-state index contributed by atoms with van der Waals surface area (Å²) in [5.41, 5.74) is 16.5. The van der Waals surface area contributed by atoms with E-state index < -0.39 is 0 Å². The molecule has 0 spiro atoms. The molecule has 0 radical (unpaired) electrons. The van der Waals surface area contributed by atoms with Crippen molar-refractivity contribution in [2.45, 2.75) is 19.9 Å². The molecule has 9 nitrogen and oxygen atoms in total. The van der Waals surface area contributed by atoms with E-state index in [9.17, 15) is 4.79 Å². The molecule has 0 unspecified atom stereocenters. The molecule has 5 N–H and O–H groups in total. The number of amides is 1. The maximum atomic E-state index is 12.9. The second-order valence-corrected chi connectivity index (χ2v) is 8.18. The summed E-state index contributed by atoms with van der Waals surface area (Å²) in [4.78, 5) is 28.6. The number of carbonyl (C=O) groups excluding carboxylic acids is 1. The van der Waals surface area contributed by atoms with E-state index in [4.69, 9.17) is 11.5 Å². The van der Waals surface area contributed by atoms with Gasteiger partial charge in [-0.2, -0.15) is 0 Å². The Morgan fingerprint density at radius 3 is 2.62 bits per heavy atom. The molecule has 1 aliphatic heterocycles. The first-order valence-electron chi connectivity index (χ1n) is 11.3. The molecule has 4 rings (SSSR count). The minimum absolute atomic E-state index is 0.192. The molecule has 176 valence electrons. The Hall–Kier alpha value is -4.14. The van der Waals surface area contributed by atoms with Gasteiger partial charge >= 0.3 is 0 Å². The average Bonchev–Trinajstić information content (AvgIpc) is 3.29. The van der Waals surface area contributed by atoms with Crippen LogP contribution in [0, 0.1) is 0 Å². The van der Waals surface area contributed by atoms with Crippen LogP contribution in [0.15, 0.2) is 71.3 Å². The number of hydrogen-bond donors (Lipinski definition) is 3. The van der Waals surface area contributed by atoms with Gasteiger partial charge in [-0.1, -0.05) is 12.1 Å². The molecule has 0 aliphatic carbocycles. The molecule has 0 atom stereocenters. The van der Waals surface area contributed by atoms with Crippen LogP contribution in [0.2, 0.25) is 0 Å². The van der Waals surface area contributed by atoms with Crippen molar-refractivity contribution >= 4 is 23.1 Å². The van der Waals surface area contributed by atoms with Crippen molar-refractivity contribution < 1.29 is 4.79 Å². The van der Waals surface area contributed by atoms with Gasteiger partial charge in [0.2, 0.25) is 0 Å². The lowest BCUT2D eigenvalue weighted by atomic mass is 9.99. The predicted octanol–water partition coefficient (Wildman–Crippen LogP) is 2.26. The number of piperidine rings is 1. The van der Waals surface area contributed by atoms with Crippen LogP contribution in [-0.2, 0) is 18.4 Å². The van der Waals surface area contributed by atoms with Gasteiger partial charge in [-0.05, 0) is 36.8 Å². The number of aromatic nitrogens is 3. The number of aryl methyl sites for hydroxylation is 1. The molecule has 1 saturated heterocycles. The molecule has 9 heteroatoms. The summed E-state index contributed by atoms with van der Waals surface area (Å²) < 4.78 is 1.95. The second-order valence-electron chi connectivity index (χ2n) is 8.18. The van der Waals surface area contributed by atoms with Crippen LogP contribution in [0.3, 0.4) is 0 Å². The summed E-state index contributed by atoms with van der Waals surface area (Å²) in [5.74, 6) is 1.37. The lowest BCUT2D eigenvalue weighted by Gasteiger charge is -2.31. The van der Waals surface area contributed by atoms with Gasteiger partial charge in [0.05, 0.1) is 0 Å². The molecule has 1 aromatic carbocycles. The number of imidazole rings is 1. The van der Waals surface area contributed by atoms with Crippen LogP contribution in [0.1, 0.15) is 18.9 Å². The maximum Gasteiger partial charge on any atom is 0.267 e. The highest BCUT2D eigenvalue weighted by molar-refractivity contribution is 6.09. The largest absolute Gasteiger partial charge is 0.399 e. The summed E-state index contributed by atoms with van der Waals surface area (Å²) in [5, 5.41) is 2.90. The van der Waals surface area contributed by atoms with Crippen molar-refractivity contribution in [3.63, 3.8) is 0 Å². The number of nitrogens with zero attached hydrogens (tertiary/aromatic N) is 5. The quantitative estimate of drug-likeness (QED) is 0.384. The number of nitrogen functional groups attached to an aromatic ring is 1. The van der Waals surface area contributed by atoms with E-state index in [0.717, 1.165) is 40.6 Å². The van der Waals surface area contributed by atoms with E-state index >= 15 is 0 Å². The molecule has 1 aliphatic rings. The van der Waals surface area contributed by atoms with Crippen LogP contribution < -0.4 is 21.7 Å². The molecular weight excluding hydrogens is 428 g/mol. The zero-order valence-electron chi connectivity index (χ0n) is 19.5. The van der Waals surface area contributed by atoms with Crippen molar-refractivity contribution in [2.24, 2.45) is 17.8 Å². The van der Waals surface area contributed by atoms with Gasteiger partial charge in [0.25, 0.3) is 5.91 Å². The van der Waals surface area contributed by atoms with Crippen LogP contribution in [-0.4, -0.2) is 45.8 Å². The van der Waals surface area contributed by atoms with E-state index in [2.05, 4.69) is 25.2 Å². The summed E-state index contributed by atoms with van der Waals surface area (Å²) in [6, 6.07) is 11.4. The summed E-state index contributed by atoms with van der Waals surface area (Å²) in [6.45, 7) is 4.20. The van der Waals surface area contributed by atoms with E-state index in [1.807, 2.05) is 55.2 Å². The third kappa shape index (κ3) is 5.09. The Morgan fingerprint density at radius 2 is 1.97 bits per heavy atom. The normalized spacial score (nSPS) is 16.5. The van der Waals surface area contributed by atoms with Gasteiger partial charge in [0.15, 0.2) is 0 Å². The Labute approximate surface area is 199 Å². The minimum atomic E-state index is -0.310. The predicted molar refractivity (Wildman–Crippen MR) is 135 cm³/mol. The highest BCUT2D eigenvalue weighted by atomic mass is 16.2. The van der Waals surface area contributed by atoms with Gasteiger partial charge in [-0.15, -0.1) is 0 Å². The molecule has 2 aromatic heterocycles. The van der Waals surface area contributed by atoms with E-state index in [0.29, 0.717) is 31.7 Å². The number of carbonyl (C=O) groups is 1. The number of aliphatic imine (C=N–C) groups is 1. The number of hydrogen-bond acceptors (Lipinski definition) is 7. The lowest BCUT2D eigenvalue weighted by molar-refractivity contribution is -0.117. The van der Waals surface area contributed by atoms with Crippen molar-refractivity contribution in [3.8, 4) is 11.4 Å². The Kier molecular flexibility index (Phi) is 6.91. The topological polar surface area (TPSA) is 127 Å². The van der Waals surface area contributed by atoms with Gasteiger partial charge in [-0.3, -0.25) is 9.79 Å². The molecule has 3 heterocycles. The zero-order valence-corrected chi connectivity index (χ0v) is 19.5. The second kappa shape index (κ2) is 10.2. The standard InChI is InChI=1S/C25H30N8O/c1-3-28-21-10-12-33(22-9-6-18(15-30-22)24-29-11-13-32(24)2)16-20(21)23(27)25(34)31-14-17-4-7-19(26)8-5-17/h4-9,11,13,15H,3,10,12,14,16,26-27H2,1-2H3,(H,31,34)/b23-20-,28-21?. The van der Waals surface area contributed by atoms with Crippen molar-refractivity contribution in [1.82, 2.24) is 19.9 Å². The number of anilines is 2. The Morgan fingerprint density at radius 1 is 1.18 bits per heavy atom. The van der Waals surface area contributed by atoms with Crippen LogP contribution in [0.5, 0.6) is 0 Å². The van der Waals surface area contributed by atoms with Crippen LogP contribution in [0.25, 0.3) is 11.4 Å². The Balaban J connectivity index is 1.51. The molecule has 3 aromatic rings. The summed E-state index contributed by atoms with van der Waals surface area (Å²) >= 11 is 0. The fourth-order valence-corrected chi connectivity index (χ4v) is 3.95. The van der Waals surface area contributed by atoms with Crippen LogP contribution in [0.4, 0.5) is 11.5 Å². The van der Waals surface area contributed by atoms with Crippen molar-refractivity contribution in [1.29, 1.82) is 0 Å². The zero-order chi connectivity index (χ0) is 24.1. The third-order valence-corrected chi connectivity index (χ3v) is 5.82. The van der Waals surface area contributed by atoms with E-state index in [1.54, 1.807) is 18.3 Å². The molecule has 1 fully saturated rings. The number of benzene rings is 1. The number of rotatable bonds is 6. The minimum Gasteiger partial charge on any atom is -0.399 e. The van der Waals surface area contributed by atoms with Gasteiger partial charge in [-0.25, -0.2) is 9.97 Å². The number of pyridine rings is 1. The van der Waals surface area contributed by atoms with Gasteiger partial charge in [0, 0.05) is 80.8 Å². The summed E-state index contributed by atoms with van der Waals surface area (Å²) in [7, 11) is 1.95. The highest BCUT2D eigenvalue weighted by Gasteiger charge is 2.25. The summed E-state index contributed by atoms with van der Waals surface area (Å²) in [6.07, 6.45) is 6.18. The van der Waals surface area contributed by atoms with Gasteiger partial charge in [0.1, 0.15) is 17.3 Å². The molecule has 1 amide bonds. The highest BCUT2D eigenvalue weighted by Crippen LogP contribution is 2.24. The number of nitrogens with two attached hydrogens (primary N) is 2. The molecular formula is C25H30N8O. The molecule has 0 saturated carbocycles. The van der Waals surface area contributed by atoms with Gasteiger partial charge < -0.3 is 26.3 Å². The number of nitrogens with one attached hydrogen (secondary N) is 1. The molecule has 0 bridgehead atoms. The average molecular weight is 459 g/mol. The Bertz CT molecular complexity index is 1210. The SMILES string of the molecule is CCN=C1CCN(c2ccc(-c3nccn3C)cn2)C/C1=C(/N)C(=O)NCc1ccc(N)cc1. The lowest BCUT2D eigenvalue weighted by Crippen LogP contribution is -2.40. The maximum absolute atomic E-state index is 12.9. The van der Waals surface area contributed by atoms with E-state index in [-0.39, 0.29) is 11.6 Å². The van der Waals surface area contributed by atoms with Crippen molar-refractivity contribution in [3.05, 3.63) is 71.8 Å².